The number of nitrogens with one attached hydrogen (secondary N) is 1. The highest BCUT2D eigenvalue weighted by Gasteiger charge is 2.38. The molecule has 0 atom stereocenters. The molecule has 2 amide bonds. The summed E-state index contributed by atoms with van der Waals surface area (Å²) in [5.41, 5.74) is 1.18. The molecular weight excluding hydrogens is 437 g/mol. The van der Waals surface area contributed by atoms with Gasteiger partial charge in [0, 0.05) is 17.1 Å². The van der Waals surface area contributed by atoms with Gasteiger partial charge in [-0.3, -0.25) is 9.59 Å². The van der Waals surface area contributed by atoms with Crippen molar-refractivity contribution in [2.45, 2.75) is 19.1 Å². The van der Waals surface area contributed by atoms with Gasteiger partial charge < -0.3 is 5.32 Å². The Labute approximate surface area is 171 Å². The fourth-order valence-electron chi connectivity index (χ4n) is 2.58. The van der Waals surface area contributed by atoms with E-state index in [1.54, 1.807) is 5.32 Å². The van der Waals surface area contributed by atoms with Gasteiger partial charge in [-0.05, 0) is 35.9 Å². The third-order valence-electron chi connectivity index (χ3n) is 3.98. The Morgan fingerprint density at radius 1 is 1.14 bits per heavy atom. The number of carbonyl (C=O) groups is 2. The Morgan fingerprint density at radius 2 is 1.86 bits per heavy atom. The molecular formula is C18H11Cl2F4N3O2. The number of rotatable bonds is 4. The number of benzene rings is 2. The van der Waals surface area contributed by atoms with Crippen molar-refractivity contribution in [3.8, 4) is 0 Å². The van der Waals surface area contributed by atoms with Gasteiger partial charge in [0.2, 0.25) is 0 Å². The van der Waals surface area contributed by atoms with Crippen LogP contribution >= 0.6 is 23.2 Å². The second-order valence-corrected chi connectivity index (χ2v) is 6.84. The Balaban J connectivity index is 1.85. The van der Waals surface area contributed by atoms with E-state index >= 15 is 0 Å². The number of hydrogen-bond acceptors (Lipinski definition) is 3. The zero-order valence-electron chi connectivity index (χ0n) is 14.4. The average Bonchev–Trinajstić information content (AvgIpc) is 3.03. The van der Waals surface area contributed by atoms with Crippen LogP contribution in [0.25, 0.3) is 0 Å². The van der Waals surface area contributed by atoms with Crippen LogP contribution in [0.1, 0.15) is 17.5 Å². The van der Waals surface area contributed by atoms with Crippen molar-refractivity contribution in [1.82, 2.24) is 5.32 Å². The van der Waals surface area contributed by atoms with Crippen LogP contribution in [0.4, 0.5) is 23.2 Å². The van der Waals surface area contributed by atoms with E-state index < -0.39 is 23.8 Å². The molecule has 2 aromatic rings. The number of halogens is 6. The van der Waals surface area contributed by atoms with Crippen LogP contribution in [0.5, 0.6) is 0 Å². The molecule has 0 saturated heterocycles. The van der Waals surface area contributed by atoms with Crippen molar-refractivity contribution in [3.63, 3.8) is 0 Å². The molecule has 0 radical (unpaired) electrons. The lowest BCUT2D eigenvalue weighted by Crippen LogP contribution is -2.36. The van der Waals surface area contributed by atoms with Crippen LogP contribution in [0.2, 0.25) is 10.0 Å². The minimum Gasteiger partial charge on any atom is -0.344 e. The molecule has 1 heterocycles. The van der Waals surface area contributed by atoms with E-state index in [0.29, 0.717) is 11.1 Å². The zero-order valence-corrected chi connectivity index (χ0v) is 15.9. The molecule has 29 heavy (non-hydrogen) atoms. The number of anilines is 1. The maximum Gasteiger partial charge on any atom is 0.471 e. The fraction of sp³-hybridized carbons (Fsp3) is 0.167. The lowest BCUT2D eigenvalue weighted by molar-refractivity contribution is -0.173. The molecule has 1 aliphatic heterocycles. The minimum absolute atomic E-state index is 0.132. The SMILES string of the molecule is O=C1CC(c2cc(CNC(=O)C(F)(F)F)ccc2Cl)=NN1c1ccc(F)c(Cl)c1. The molecule has 0 fully saturated rings. The third-order valence-corrected chi connectivity index (χ3v) is 4.59. The highest BCUT2D eigenvalue weighted by Crippen LogP contribution is 2.29. The van der Waals surface area contributed by atoms with Gasteiger partial charge in [-0.15, -0.1) is 0 Å². The molecule has 152 valence electrons. The standard InChI is InChI=1S/C18H11Cl2F4N3O2/c19-12-3-1-9(8-25-17(29)18(22,23)24)5-11(12)15-7-16(28)27(26-15)10-2-4-14(21)13(20)6-10/h1-6H,7-8H2,(H,25,29). The van der Waals surface area contributed by atoms with Crippen molar-refractivity contribution < 1.29 is 27.2 Å². The van der Waals surface area contributed by atoms with Gasteiger partial charge in [-0.2, -0.15) is 18.3 Å². The first kappa shape index (κ1) is 21.1. The summed E-state index contributed by atoms with van der Waals surface area (Å²) in [7, 11) is 0. The summed E-state index contributed by atoms with van der Waals surface area (Å²) in [5, 5.41) is 7.02. The van der Waals surface area contributed by atoms with E-state index in [2.05, 4.69) is 5.10 Å². The second-order valence-electron chi connectivity index (χ2n) is 6.02. The molecule has 5 nitrogen and oxygen atoms in total. The largest absolute Gasteiger partial charge is 0.471 e. The molecule has 1 aliphatic rings. The molecule has 1 N–H and O–H groups in total. The third kappa shape index (κ3) is 4.68. The maximum absolute atomic E-state index is 13.3. The smallest absolute Gasteiger partial charge is 0.344 e. The zero-order chi connectivity index (χ0) is 21.3. The number of hydrogen-bond donors (Lipinski definition) is 1. The van der Waals surface area contributed by atoms with Crippen molar-refractivity contribution in [2.75, 3.05) is 5.01 Å². The normalized spacial score (nSPS) is 14.2. The topological polar surface area (TPSA) is 61.8 Å². The number of alkyl halides is 3. The first-order valence-corrected chi connectivity index (χ1v) is 8.81. The summed E-state index contributed by atoms with van der Waals surface area (Å²) in [6, 6.07) is 7.97. The first-order chi connectivity index (χ1) is 13.6. The van der Waals surface area contributed by atoms with E-state index in [9.17, 15) is 27.2 Å². The van der Waals surface area contributed by atoms with Crippen molar-refractivity contribution in [3.05, 3.63) is 63.4 Å². The van der Waals surface area contributed by atoms with E-state index in [4.69, 9.17) is 23.2 Å². The van der Waals surface area contributed by atoms with Crippen molar-refractivity contribution >= 4 is 46.4 Å². The van der Waals surface area contributed by atoms with Gasteiger partial charge in [0.25, 0.3) is 5.91 Å². The Kier molecular flexibility index (Phi) is 5.81. The fourth-order valence-corrected chi connectivity index (χ4v) is 2.99. The number of amides is 2. The summed E-state index contributed by atoms with van der Waals surface area (Å²) in [4.78, 5) is 23.3. The number of carbonyl (C=O) groups excluding carboxylic acids is 2. The predicted molar refractivity (Wildman–Crippen MR) is 99.4 cm³/mol. The molecule has 3 rings (SSSR count). The molecule has 11 heteroatoms. The van der Waals surface area contributed by atoms with Gasteiger partial charge >= 0.3 is 12.1 Å². The Bertz CT molecular complexity index is 1020. The van der Waals surface area contributed by atoms with Crippen LogP contribution in [-0.2, 0) is 16.1 Å². The van der Waals surface area contributed by atoms with E-state index in [1.807, 2.05) is 0 Å². The molecule has 0 unspecified atom stereocenters. The van der Waals surface area contributed by atoms with Crippen LogP contribution in [0.3, 0.4) is 0 Å². The van der Waals surface area contributed by atoms with Gasteiger partial charge in [0.1, 0.15) is 5.82 Å². The van der Waals surface area contributed by atoms with Crippen LogP contribution in [-0.4, -0.2) is 23.7 Å². The van der Waals surface area contributed by atoms with E-state index in [-0.39, 0.29) is 34.4 Å². The lowest BCUT2D eigenvalue weighted by atomic mass is 10.0. The first-order valence-electron chi connectivity index (χ1n) is 8.05. The molecule has 0 bridgehead atoms. The molecule has 0 saturated carbocycles. The summed E-state index contributed by atoms with van der Waals surface area (Å²) in [6.07, 6.45) is -5.12. The van der Waals surface area contributed by atoms with Crippen LogP contribution in [0.15, 0.2) is 41.5 Å². The lowest BCUT2D eigenvalue weighted by Gasteiger charge is -2.12. The highest BCUT2D eigenvalue weighted by atomic mass is 35.5. The summed E-state index contributed by atoms with van der Waals surface area (Å²) >= 11 is 11.9. The van der Waals surface area contributed by atoms with Crippen LogP contribution < -0.4 is 10.3 Å². The summed E-state index contributed by atoms with van der Waals surface area (Å²) < 4.78 is 50.3. The molecule has 0 spiro atoms. The monoisotopic (exact) mass is 447 g/mol. The highest BCUT2D eigenvalue weighted by molar-refractivity contribution is 6.35. The summed E-state index contributed by atoms with van der Waals surface area (Å²) in [5.74, 6) is -3.14. The Hall–Kier alpha value is -2.65. The number of hydrazone groups is 1. The van der Waals surface area contributed by atoms with E-state index in [0.717, 1.165) is 11.1 Å². The predicted octanol–water partition coefficient (Wildman–Crippen LogP) is 4.45. The van der Waals surface area contributed by atoms with Gasteiger partial charge in [0.15, 0.2) is 0 Å². The summed E-state index contributed by atoms with van der Waals surface area (Å²) in [6.45, 7) is -0.388. The average molecular weight is 448 g/mol. The molecule has 0 aliphatic carbocycles. The maximum atomic E-state index is 13.3. The van der Waals surface area contributed by atoms with Crippen molar-refractivity contribution in [1.29, 1.82) is 0 Å². The van der Waals surface area contributed by atoms with Gasteiger partial charge in [0.05, 0.1) is 22.8 Å². The Morgan fingerprint density at radius 3 is 2.52 bits per heavy atom. The van der Waals surface area contributed by atoms with Gasteiger partial charge in [-0.1, -0.05) is 29.3 Å². The second kappa shape index (κ2) is 8.00. The molecule has 2 aromatic carbocycles. The van der Waals surface area contributed by atoms with Gasteiger partial charge in [-0.25, -0.2) is 9.40 Å². The van der Waals surface area contributed by atoms with Crippen LogP contribution in [0, 0.1) is 5.82 Å². The van der Waals surface area contributed by atoms with E-state index in [1.165, 1.54) is 30.3 Å². The quantitative estimate of drug-likeness (QED) is 0.703. The minimum atomic E-state index is -4.99. The molecule has 0 aromatic heterocycles. The number of nitrogens with zero attached hydrogens (tertiary/aromatic N) is 2. The van der Waals surface area contributed by atoms with Crippen molar-refractivity contribution in [2.24, 2.45) is 5.10 Å².